The van der Waals surface area contributed by atoms with Crippen LogP contribution in [0.5, 0.6) is 0 Å². The van der Waals surface area contributed by atoms with E-state index in [-0.39, 0.29) is 11.8 Å². The van der Waals surface area contributed by atoms with Crippen LogP contribution in [-0.4, -0.2) is 28.2 Å². The topological polar surface area (TPSA) is 113 Å². The van der Waals surface area contributed by atoms with Crippen LogP contribution in [0.25, 0.3) is 0 Å². The molecule has 1 atom stereocenters. The third-order valence-corrected chi connectivity index (χ3v) is 2.72. The molecule has 1 rings (SSSR count). The summed E-state index contributed by atoms with van der Waals surface area (Å²) in [5, 5.41) is 11.9. The second kappa shape index (κ2) is 6.21. The molecule has 0 aliphatic rings. The number of rotatable bonds is 5. The molecule has 3 amide bonds. The van der Waals surface area contributed by atoms with E-state index in [1.54, 1.807) is 6.07 Å². The number of aromatic amines is 1. The van der Waals surface area contributed by atoms with Gasteiger partial charge < -0.3 is 16.4 Å². The van der Waals surface area contributed by atoms with Crippen molar-refractivity contribution in [1.82, 2.24) is 15.5 Å². The lowest BCUT2D eigenvalue weighted by atomic mass is 10.0. The van der Waals surface area contributed by atoms with Crippen molar-refractivity contribution in [2.45, 2.75) is 39.7 Å². The van der Waals surface area contributed by atoms with Crippen LogP contribution in [-0.2, 0) is 4.79 Å². The van der Waals surface area contributed by atoms with Gasteiger partial charge in [0.25, 0.3) is 0 Å². The van der Waals surface area contributed by atoms with Crippen molar-refractivity contribution in [3.05, 3.63) is 11.8 Å². The minimum atomic E-state index is -0.723. The van der Waals surface area contributed by atoms with Gasteiger partial charge in [0.1, 0.15) is 6.04 Å². The third-order valence-electron chi connectivity index (χ3n) is 2.72. The van der Waals surface area contributed by atoms with Crippen molar-refractivity contribution < 1.29 is 9.59 Å². The first-order valence-electron chi connectivity index (χ1n) is 6.23. The highest BCUT2D eigenvalue weighted by atomic mass is 16.2. The van der Waals surface area contributed by atoms with Gasteiger partial charge >= 0.3 is 6.03 Å². The van der Waals surface area contributed by atoms with Crippen molar-refractivity contribution >= 4 is 17.8 Å². The number of amides is 3. The van der Waals surface area contributed by atoms with E-state index in [1.807, 2.05) is 27.7 Å². The van der Waals surface area contributed by atoms with Crippen LogP contribution in [0.3, 0.4) is 0 Å². The van der Waals surface area contributed by atoms with Gasteiger partial charge in [-0.15, -0.1) is 0 Å². The second-order valence-corrected chi connectivity index (χ2v) is 5.08. The molecule has 0 saturated carbocycles. The Hall–Kier alpha value is -2.05. The van der Waals surface area contributed by atoms with Crippen molar-refractivity contribution in [3.63, 3.8) is 0 Å². The molecule has 0 radical (unpaired) electrons. The number of carbonyl (C=O) groups is 2. The number of H-pyrrole nitrogens is 1. The number of hydrogen-bond acceptors (Lipinski definition) is 3. The molecule has 1 heterocycles. The monoisotopic (exact) mass is 267 g/mol. The van der Waals surface area contributed by atoms with E-state index in [0.29, 0.717) is 11.7 Å². The maximum Gasteiger partial charge on any atom is 0.312 e. The molecule has 0 saturated heterocycles. The Morgan fingerprint density at radius 1 is 1.32 bits per heavy atom. The minimum absolute atomic E-state index is 0.0731. The largest absolute Gasteiger partial charge is 0.352 e. The predicted octanol–water partition coefficient (Wildman–Crippen LogP) is 1.16. The maximum absolute atomic E-state index is 12.0. The molecule has 106 valence electrons. The SMILES string of the molecule is CC(C)c1cc(NC(=O)C(NC(N)=O)C(C)C)n[nH]1. The molecule has 5 N–H and O–H groups in total. The molecule has 0 bridgehead atoms. The Kier molecular flexibility index (Phi) is 4.91. The highest BCUT2D eigenvalue weighted by molar-refractivity contribution is 5.96. The van der Waals surface area contributed by atoms with E-state index in [1.165, 1.54) is 0 Å². The summed E-state index contributed by atoms with van der Waals surface area (Å²) < 4.78 is 0. The van der Waals surface area contributed by atoms with Crippen molar-refractivity contribution in [2.24, 2.45) is 11.7 Å². The molecule has 7 nitrogen and oxygen atoms in total. The van der Waals surface area contributed by atoms with Crippen LogP contribution in [0.4, 0.5) is 10.6 Å². The molecule has 0 aliphatic heterocycles. The van der Waals surface area contributed by atoms with Gasteiger partial charge in [-0.1, -0.05) is 27.7 Å². The predicted molar refractivity (Wildman–Crippen MR) is 72.7 cm³/mol. The molecule has 19 heavy (non-hydrogen) atoms. The van der Waals surface area contributed by atoms with Gasteiger partial charge in [-0.3, -0.25) is 9.89 Å². The summed E-state index contributed by atoms with van der Waals surface area (Å²) in [5.74, 6) is 0.319. The molecule has 7 heteroatoms. The fraction of sp³-hybridized carbons (Fsp3) is 0.583. The van der Waals surface area contributed by atoms with E-state index in [2.05, 4.69) is 20.8 Å². The summed E-state index contributed by atoms with van der Waals surface area (Å²) in [4.78, 5) is 22.9. The van der Waals surface area contributed by atoms with E-state index in [9.17, 15) is 9.59 Å². The Morgan fingerprint density at radius 3 is 2.37 bits per heavy atom. The molecule has 0 fully saturated rings. The van der Waals surface area contributed by atoms with Crippen LogP contribution in [0.15, 0.2) is 6.07 Å². The quantitative estimate of drug-likeness (QED) is 0.642. The summed E-state index contributed by atoms with van der Waals surface area (Å²) in [5.41, 5.74) is 5.98. The van der Waals surface area contributed by atoms with Crippen LogP contribution < -0.4 is 16.4 Å². The first-order valence-corrected chi connectivity index (χ1v) is 6.23. The number of nitrogens with one attached hydrogen (secondary N) is 3. The summed E-state index contributed by atoms with van der Waals surface area (Å²) >= 11 is 0. The van der Waals surface area contributed by atoms with Crippen molar-refractivity contribution in [3.8, 4) is 0 Å². The molecular weight excluding hydrogens is 246 g/mol. The van der Waals surface area contributed by atoms with Gasteiger partial charge in [-0.2, -0.15) is 5.10 Å². The first-order chi connectivity index (χ1) is 8.81. The number of nitrogens with two attached hydrogens (primary N) is 1. The van der Waals surface area contributed by atoms with Crippen LogP contribution >= 0.6 is 0 Å². The molecule has 0 aromatic carbocycles. The lowest BCUT2D eigenvalue weighted by Crippen LogP contribution is -2.49. The average Bonchev–Trinajstić information content (AvgIpc) is 2.73. The number of anilines is 1. The molecule has 0 spiro atoms. The van der Waals surface area contributed by atoms with Gasteiger partial charge in [-0.25, -0.2) is 4.79 Å². The van der Waals surface area contributed by atoms with Crippen LogP contribution in [0, 0.1) is 5.92 Å². The van der Waals surface area contributed by atoms with E-state index < -0.39 is 12.1 Å². The van der Waals surface area contributed by atoms with Gasteiger partial charge in [-0.05, 0) is 11.8 Å². The highest BCUT2D eigenvalue weighted by Crippen LogP contribution is 2.15. The summed E-state index contributed by atoms with van der Waals surface area (Å²) in [6.45, 7) is 7.68. The molecule has 1 unspecified atom stereocenters. The fourth-order valence-corrected chi connectivity index (χ4v) is 1.59. The molecule has 1 aromatic heterocycles. The Balaban J connectivity index is 2.72. The summed E-state index contributed by atoms with van der Waals surface area (Å²) in [6.07, 6.45) is 0. The molecular formula is C12H21N5O2. The summed E-state index contributed by atoms with van der Waals surface area (Å²) in [6, 6.07) is 0.361. The van der Waals surface area contributed by atoms with E-state index in [4.69, 9.17) is 5.73 Å². The number of primary amides is 1. The lowest BCUT2D eigenvalue weighted by Gasteiger charge is -2.19. The van der Waals surface area contributed by atoms with Gasteiger partial charge in [0.05, 0.1) is 0 Å². The number of hydrogen-bond donors (Lipinski definition) is 4. The van der Waals surface area contributed by atoms with Gasteiger partial charge in [0.2, 0.25) is 5.91 Å². The normalized spacial score (nSPS) is 12.5. The zero-order chi connectivity index (χ0) is 14.6. The third kappa shape index (κ3) is 4.27. The van der Waals surface area contributed by atoms with E-state index in [0.717, 1.165) is 5.69 Å². The number of nitrogens with zero attached hydrogens (tertiary/aromatic N) is 1. The maximum atomic E-state index is 12.0. The number of aromatic nitrogens is 2. The Morgan fingerprint density at radius 2 is 1.95 bits per heavy atom. The van der Waals surface area contributed by atoms with Crippen molar-refractivity contribution in [1.29, 1.82) is 0 Å². The van der Waals surface area contributed by atoms with Gasteiger partial charge in [0, 0.05) is 11.8 Å². The lowest BCUT2D eigenvalue weighted by molar-refractivity contribution is -0.118. The van der Waals surface area contributed by atoms with Crippen LogP contribution in [0.2, 0.25) is 0 Å². The Bertz CT molecular complexity index is 453. The standard InChI is InChI=1S/C12H21N5O2/c1-6(2)8-5-9(17-16-8)14-11(18)10(7(3)4)15-12(13)19/h5-7,10H,1-4H3,(H3,13,15,19)(H2,14,16,17,18). The molecule has 1 aromatic rings. The van der Waals surface area contributed by atoms with Crippen molar-refractivity contribution in [2.75, 3.05) is 5.32 Å². The Labute approximate surface area is 112 Å². The van der Waals surface area contributed by atoms with Crippen LogP contribution in [0.1, 0.15) is 39.3 Å². The zero-order valence-corrected chi connectivity index (χ0v) is 11.7. The smallest absolute Gasteiger partial charge is 0.312 e. The molecule has 0 aliphatic carbocycles. The highest BCUT2D eigenvalue weighted by Gasteiger charge is 2.24. The van der Waals surface area contributed by atoms with Gasteiger partial charge in [0.15, 0.2) is 5.82 Å². The summed E-state index contributed by atoms with van der Waals surface area (Å²) in [7, 11) is 0. The zero-order valence-electron chi connectivity index (χ0n) is 11.7. The number of carbonyl (C=O) groups excluding carboxylic acids is 2. The average molecular weight is 267 g/mol. The first kappa shape index (κ1) is 15.0. The fourth-order valence-electron chi connectivity index (χ4n) is 1.59. The number of urea groups is 1. The van der Waals surface area contributed by atoms with E-state index >= 15 is 0 Å². The minimum Gasteiger partial charge on any atom is -0.352 e. The second-order valence-electron chi connectivity index (χ2n) is 5.08.